The first-order valence-electron chi connectivity index (χ1n) is 5.91. The Morgan fingerprint density at radius 3 is 2.72 bits per heavy atom. The number of nitrogens with zero attached hydrogens (tertiary/aromatic N) is 1. The summed E-state index contributed by atoms with van der Waals surface area (Å²) in [6.45, 7) is 4.31. The molecule has 1 aromatic rings. The first-order chi connectivity index (χ1) is 8.35. The molecule has 1 amide bonds. The van der Waals surface area contributed by atoms with Crippen molar-refractivity contribution >= 4 is 28.7 Å². The molecule has 0 fully saturated rings. The number of thiophene rings is 1. The SMILES string of the molecule is CN(C=O)c1sc2c(c1C(=O)O)CC(C)(C)CC2. The molecule has 0 aliphatic heterocycles. The lowest BCUT2D eigenvalue weighted by atomic mass is 9.76. The normalized spacial score (nSPS) is 17.1. The third-order valence-electron chi connectivity index (χ3n) is 3.45. The third kappa shape index (κ3) is 2.14. The lowest BCUT2D eigenvalue weighted by molar-refractivity contribution is -0.107. The van der Waals surface area contributed by atoms with Crippen molar-refractivity contribution in [3.05, 3.63) is 16.0 Å². The largest absolute Gasteiger partial charge is 0.478 e. The Balaban J connectivity index is 2.56. The standard InChI is InChI=1S/C13H17NO3S/c1-13(2)5-4-9-8(6-13)10(12(16)17)11(18-9)14(3)7-15/h7H,4-6H2,1-3H3,(H,16,17). The van der Waals surface area contributed by atoms with Crippen molar-refractivity contribution in [2.45, 2.75) is 33.1 Å². The second-order valence-corrected chi connectivity index (χ2v) is 6.63. The molecule has 0 saturated heterocycles. The van der Waals surface area contributed by atoms with E-state index >= 15 is 0 Å². The molecule has 0 bridgehead atoms. The van der Waals surface area contributed by atoms with Crippen LogP contribution in [0.1, 0.15) is 41.1 Å². The highest BCUT2D eigenvalue weighted by Crippen LogP contribution is 2.44. The van der Waals surface area contributed by atoms with Crippen molar-refractivity contribution in [3.63, 3.8) is 0 Å². The summed E-state index contributed by atoms with van der Waals surface area (Å²) >= 11 is 1.44. The van der Waals surface area contributed by atoms with Crippen LogP contribution in [0.4, 0.5) is 5.00 Å². The maximum Gasteiger partial charge on any atom is 0.339 e. The maximum atomic E-state index is 11.5. The summed E-state index contributed by atoms with van der Waals surface area (Å²) in [5, 5.41) is 9.94. The van der Waals surface area contributed by atoms with Crippen LogP contribution in [0.25, 0.3) is 0 Å². The number of carbonyl (C=O) groups excluding carboxylic acids is 1. The Morgan fingerprint density at radius 1 is 1.50 bits per heavy atom. The fraction of sp³-hybridized carbons (Fsp3) is 0.538. The zero-order chi connectivity index (χ0) is 13.5. The zero-order valence-corrected chi connectivity index (χ0v) is 11.6. The van der Waals surface area contributed by atoms with Gasteiger partial charge in [-0.05, 0) is 30.2 Å². The number of carboxylic acid groups (broad SMARTS) is 1. The Kier molecular flexibility index (Phi) is 3.19. The highest BCUT2D eigenvalue weighted by Gasteiger charge is 2.33. The number of hydrogen-bond donors (Lipinski definition) is 1. The number of carbonyl (C=O) groups is 2. The molecule has 0 aromatic carbocycles. The predicted octanol–water partition coefficient (Wildman–Crippen LogP) is 2.55. The molecule has 0 spiro atoms. The molecule has 0 unspecified atom stereocenters. The van der Waals surface area contributed by atoms with Gasteiger partial charge >= 0.3 is 5.97 Å². The zero-order valence-electron chi connectivity index (χ0n) is 10.8. The maximum absolute atomic E-state index is 11.5. The number of fused-ring (bicyclic) bond motifs is 1. The van der Waals surface area contributed by atoms with E-state index in [2.05, 4.69) is 13.8 Å². The second-order valence-electron chi connectivity index (χ2n) is 5.55. The summed E-state index contributed by atoms with van der Waals surface area (Å²) in [7, 11) is 1.60. The average Bonchev–Trinajstić information content (AvgIpc) is 2.64. The minimum atomic E-state index is -0.936. The minimum Gasteiger partial charge on any atom is -0.478 e. The van der Waals surface area contributed by atoms with Gasteiger partial charge in [-0.15, -0.1) is 11.3 Å². The summed E-state index contributed by atoms with van der Waals surface area (Å²) in [5.74, 6) is -0.936. The van der Waals surface area contributed by atoms with Gasteiger partial charge < -0.3 is 10.0 Å². The van der Waals surface area contributed by atoms with Crippen LogP contribution in [-0.4, -0.2) is 24.5 Å². The molecule has 4 nitrogen and oxygen atoms in total. The molecule has 1 aromatic heterocycles. The van der Waals surface area contributed by atoms with Crippen molar-refractivity contribution in [2.75, 3.05) is 11.9 Å². The van der Waals surface area contributed by atoms with Crippen molar-refractivity contribution in [2.24, 2.45) is 5.41 Å². The van der Waals surface area contributed by atoms with Crippen molar-refractivity contribution in [1.82, 2.24) is 0 Å². The van der Waals surface area contributed by atoms with E-state index in [0.717, 1.165) is 29.7 Å². The highest BCUT2D eigenvalue weighted by molar-refractivity contribution is 7.17. The monoisotopic (exact) mass is 267 g/mol. The van der Waals surface area contributed by atoms with E-state index in [9.17, 15) is 14.7 Å². The molecule has 18 heavy (non-hydrogen) atoms. The number of rotatable bonds is 3. The first kappa shape index (κ1) is 13.1. The topological polar surface area (TPSA) is 57.6 Å². The summed E-state index contributed by atoms with van der Waals surface area (Å²) in [6.07, 6.45) is 3.39. The fourth-order valence-electron chi connectivity index (χ4n) is 2.42. The van der Waals surface area contributed by atoms with Gasteiger partial charge in [-0.25, -0.2) is 4.79 Å². The van der Waals surface area contributed by atoms with Crippen LogP contribution in [0, 0.1) is 5.41 Å². The summed E-state index contributed by atoms with van der Waals surface area (Å²) in [4.78, 5) is 24.8. The first-order valence-corrected chi connectivity index (χ1v) is 6.73. The number of carboxylic acids is 1. The summed E-state index contributed by atoms with van der Waals surface area (Å²) in [6, 6.07) is 0. The number of hydrogen-bond acceptors (Lipinski definition) is 3. The molecule has 0 radical (unpaired) electrons. The van der Waals surface area contributed by atoms with Crippen LogP contribution in [0.3, 0.4) is 0 Å². The third-order valence-corrected chi connectivity index (χ3v) is 4.83. The molecule has 1 aliphatic carbocycles. The van der Waals surface area contributed by atoms with Gasteiger partial charge in [0.1, 0.15) is 5.00 Å². The second kappa shape index (κ2) is 4.39. The molecule has 1 heterocycles. The lowest BCUT2D eigenvalue weighted by Gasteiger charge is -2.29. The van der Waals surface area contributed by atoms with E-state index < -0.39 is 5.97 Å². The Bertz CT molecular complexity index is 505. The van der Waals surface area contributed by atoms with Crippen molar-refractivity contribution in [1.29, 1.82) is 0 Å². The van der Waals surface area contributed by atoms with Crippen LogP contribution in [0.5, 0.6) is 0 Å². The molecule has 0 atom stereocenters. The van der Waals surface area contributed by atoms with Gasteiger partial charge in [0.15, 0.2) is 0 Å². The lowest BCUT2D eigenvalue weighted by Crippen LogP contribution is -2.23. The van der Waals surface area contributed by atoms with Crippen molar-refractivity contribution < 1.29 is 14.7 Å². The van der Waals surface area contributed by atoms with Crippen LogP contribution >= 0.6 is 11.3 Å². The summed E-state index contributed by atoms with van der Waals surface area (Å²) < 4.78 is 0. The molecule has 98 valence electrons. The Hall–Kier alpha value is -1.36. The van der Waals surface area contributed by atoms with Crippen LogP contribution in [-0.2, 0) is 17.6 Å². The van der Waals surface area contributed by atoms with Crippen LogP contribution < -0.4 is 4.90 Å². The van der Waals surface area contributed by atoms with E-state index in [1.54, 1.807) is 7.05 Å². The fourth-order valence-corrected chi connectivity index (χ4v) is 3.66. The number of aromatic carboxylic acids is 1. The number of aryl methyl sites for hydroxylation is 1. The van der Waals surface area contributed by atoms with E-state index in [-0.39, 0.29) is 5.41 Å². The molecular weight excluding hydrogens is 250 g/mol. The van der Waals surface area contributed by atoms with Gasteiger partial charge in [0.05, 0.1) is 5.56 Å². The molecule has 2 rings (SSSR count). The van der Waals surface area contributed by atoms with Gasteiger partial charge in [-0.1, -0.05) is 13.8 Å². The molecule has 1 N–H and O–H groups in total. The Labute approximate surface area is 110 Å². The number of anilines is 1. The highest BCUT2D eigenvalue weighted by atomic mass is 32.1. The van der Waals surface area contributed by atoms with Gasteiger partial charge in [0.25, 0.3) is 0 Å². The van der Waals surface area contributed by atoms with Crippen molar-refractivity contribution in [3.8, 4) is 0 Å². The number of amides is 1. The van der Waals surface area contributed by atoms with Crippen LogP contribution in [0.2, 0.25) is 0 Å². The van der Waals surface area contributed by atoms with Gasteiger partial charge in [-0.2, -0.15) is 0 Å². The van der Waals surface area contributed by atoms with Gasteiger partial charge in [-0.3, -0.25) is 4.79 Å². The average molecular weight is 267 g/mol. The van der Waals surface area contributed by atoms with E-state index in [1.165, 1.54) is 16.2 Å². The molecule has 0 saturated carbocycles. The smallest absolute Gasteiger partial charge is 0.339 e. The molecule has 5 heteroatoms. The van der Waals surface area contributed by atoms with Crippen LogP contribution in [0.15, 0.2) is 0 Å². The molecule has 1 aliphatic rings. The van der Waals surface area contributed by atoms with Gasteiger partial charge in [0, 0.05) is 11.9 Å². The quantitative estimate of drug-likeness (QED) is 0.856. The van der Waals surface area contributed by atoms with Gasteiger partial charge in [0.2, 0.25) is 6.41 Å². The summed E-state index contributed by atoms with van der Waals surface area (Å²) in [5.41, 5.74) is 1.37. The predicted molar refractivity (Wildman–Crippen MR) is 71.6 cm³/mol. The van der Waals surface area contributed by atoms with E-state index in [4.69, 9.17) is 0 Å². The molecular formula is C13H17NO3S. The van der Waals surface area contributed by atoms with E-state index in [0.29, 0.717) is 17.0 Å². The minimum absolute atomic E-state index is 0.134. The Morgan fingerprint density at radius 2 is 2.17 bits per heavy atom. The van der Waals surface area contributed by atoms with E-state index in [1.807, 2.05) is 0 Å².